The van der Waals surface area contributed by atoms with Crippen LogP contribution in [0.4, 0.5) is 0 Å². The molecule has 4 rings (SSSR count). The van der Waals surface area contributed by atoms with Crippen molar-refractivity contribution in [2.75, 3.05) is 6.54 Å². The molecule has 2 aromatic rings. The van der Waals surface area contributed by atoms with Gasteiger partial charge in [-0.15, -0.1) is 0 Å². The average Bonchev–Trinajstić information content (AvgIpc) is 2.67. The van der Waals surface area contributed by atoms with E-state index in [2.05, 4.69) is 39.1 Å². The zero-order chi connectivity index (χ0) is 22.4. The molecule has 0 bridgehead atoms. The number of amides is 1. The molecular formula is C25H28ClN3O2. The van der Waals surface area contributed by atoms with Gasteiger partial charge in [-0.05, 0) is 76.8 Å². The van der Waals surface area contributed by atoms with E-state index in [0.29, 0.717) is 34.2 Å². The van der Waals surface area contributed by atoms with Crippen LogP contribution in [0, 0.1) is 11.3 Å². The molecule has 1 fully saturated rings. The zero-order valence-electron chi connectivity index (χ0n) is 18.5. The van der Waals surface area contributed by atoms with E-state index in [9.17, 15) is 10.1 Å². The molecule has 0 aliphatic carbocycles. The van der Waals surface area contributed by atoms with Gasteiger partial charge in [-0.3, -0.25) is 4.79 Å². The van der Waals surface area contributed by atoms with Crippen molar-refractivity contribution < 1.29 is 9.53 Å². The van der Waals surface area contributed by atoms with Gasteiger partial charge in [0.2, 0.25) is 0 Å². The number of nitriles is 1. The van der Waals surface area contributed by atoms with Crippen LogP contribution in [-0.2, 0) is 6.42 Å². The smallest absolute Gasteiger partial charge is 0.254 e. The van der Waals surface area contributed by atoms with Gasteiger partial charge in [0.25, 0.3) is 5.91 Å². The van der Waals surface area contributed by atoms with Crippen LogP contribution in [0.1, 0.15) is 62.0 Å². The molecule has 1 amide bonds. The van der Waals surface area contributed by atoms with Crippen molar-refractivity contribution in [1.82, 2.24) is 10.2 Å². The summed E-state index contributed by atoms with van der Waals surface area (Å²) in [6.07, 6.45) is 2.58. The minimum absolute atomic E-state index is 0.0313. The minimum atomic E-state index is -0.0313. The highest BCUT2D eigenvalue weighted by atomic mass is 35.5. The summed E-state index contributed by atoms with van der Waals surface area (Å²) in [5.41, 5.74) is 1.95. The van der Waals surface area contributed by atoms with E-state index in [1.165, 1.54) is 0 Å². The summed E-state index contributed by atoms with van der Waals surface area (Å²) in [6.45, 7) is 9.47. The molecule has 0 aromatic heterocycles. The van der Waals surface area contributed by atoms with E-state index in [-0.39, 0.29) is 23.0 Å². The Bertz CT molecular complexity index is 1050. The number of ether oxygens (including phenoxy) is 1. The minimum Gasteiger partial charge on any atom is -0.454 e. The van der Waals surface area contributed by atoms with Crippen LogP contribution in [-0.4, -0.2) is 34.5 Å². The normalized spacial score (nSPS) is 20.1. The topological polar surface area (TPSA) is 65.4 Å². The Morgan fingerprint density at radius 1 is 1.13 bits per heavy atom. The average molecular weight is 438 g/mol. The second kappa shape index (κ2) is 7.85. The highest BCUT2D eigenvalue weighted by Crippen LogP contribution is 2.38. The highest BCUT2D eigenvalue weighted by molar-refractivity contribution is 6.32. The molecule has 5 nitrogen and oxygen atoms in total. The number of hydrogen-bond acceptors (Lipinski definition) is 4. The molecule has 31 heavy (non-hydrogen) atoms. The van der Waals surface area contributed by atoms with Crippen LogP contribution in [0.3, 0.4) is 0 Å². The molecule has 2 aliphatic rings. The number of piperidine rings is 1. The van der Waals surface area contributed by atoms with E-state index in [1.54, 1.807) is 24.3 Å². The van der Waals surface area contributed by atoms with E-state index in [0.717, 1.165) is 24.8 Å². The number of benzene rings is 2. The lowest BCUT2D eigenvalue weighted by atomic mass is 9.78. The van der Waals surface area contributed by atoms with Crippen molar-refractivity contribution in [2.24, 2.45) is 0 Å². The molecule has 162 valence electrons. The predicted molar refractivity (Wildman–Crippen MR) is 122 cm³/mol. The summed E-state index contributed by atoms with van der Waals surface area (Å²) in [6, 6.07) is 12.9. The first-order valence-corrected chi connectivity index (χ1v) is 11.1. The number of carbonyl (C=O) groups is 1. The lowest BCUT2D eigenvalue weighted by molar-refractivity contribution is 0.0427. The monoisotopic (exact) mass is 437 g/mol. The molecule has 0 unspecified atom stereocenters. The first kappa shape index (κ1) is 21.7. The number of carbonyl (C=O) groups excluding carboxylic acids is 1. The molecule has 2 aliphatic heterocycles. The van der Waals surface area contributed by atoms with Gasteiger partial charge in [0.15, 0.2) is 0 Å². The lowest BCUT2D eigenvalue weighted by Gasteiger charge is -2.50. The second-order valence-electron chi connectivity index (χ2n) is 9.85. The van der Waals surface area contributed by atoms with Crippen molar-refractivity contribution in [3.05, 3.63) is 58.1 Å². The number of nitrogens with zero attached hydrogens (tertiary/aromatic N) is 2. The number of rotatable bonds is 3. The SMILES string of the molecule is CC1(C)CC(N2CCc3cc(Oc4ccccc4C#N)c(Cl)cc3C2=O)CC(C)(C)N1. The Hall–Kier alpha value is -2.55. The van der Waals surface area contributed by atoms with E-state index >= 15 is 0 Å². The van der Waals surface area contributed by atoms with E-state index in [1.807, 2.05) is 17.0 Å². The Kier molecular flexibility index (Phi) is 5.49. The van der Waals surface area contributed by atoms with Crippen LogP contribution >= 0.6 is 11.6 Å². The number of halogens is 1. The van der Waals surface area contributed by atoms with Crippen molar-refractivity contribution in [3.63, 3.8) is 0 Å². The van der Waals surface area contributed by atoms with Crippen LogP contribution < -0.4 is 10.1 Å². The fourth-order valence-electron chi connectivity index (χ4n) is 5.18. The van der Waals surface area contributed by atoms with Crippen LogP contribution in [0.15, 0.2) is 36.4 Å². The summed E-state index contributed by atoms with van der Waals surface area (Å²) in [5, 5.41) is 13.4. The first-order chi connectivity index (χ1) is 14.6. The van der Waals surface area contributed by atoms with Gasteiger partial charge in [0.1, 0.15) is 17.6 Å². The summed E-state index contributed by atoms with van der Waals surface area (Å²) < 4.78 is 5.94. The zero-order valence-corrected chi connectivity index (χ0v) is 19.2. The third-order valence-electron chi connectivity index (χ3n) is 6.11. The molecule has 6 heteroatoms. The summed E-state index contributed by atoms with van der Waals surface area (Å²) in [5.74, 6) is 0.953. The summed E-state index contributed by atoms with van der Waals surface area (Å²) in [7, 11) is 0. The molecule has 0 atom stereocenters. The fourth-order valence-corrected chi connectivity index (χ4v) is 5.38. The van der Waals surface area contributed by atoms with Crippen molar-refractivity contribution in [2.45, 2.75) is 64.1 Å². The fraction of sp³-hybridized carbons (Fsp3) is 0.440. The lowest BCUT2D eigenvalue weighted by Crippen LogP contribution is -2.63. The van der Waals surface area contributed by atoms with E-state index < -0.39 is 0 Å². The van der Waals surface area contributed by atoms with Gasteiger partial charge < -0.3 is 15.0 Å². The van der Waals surface area contributed by atoms with Crippen LogP contribution in [0.5, 0.6) is 11.5 Å². The molecule has 2 heterocycles. The van der Waals surface area contributed by atoms with Gasteiger partial charge in [0.05, 0.1) is 10.6 Å². The molecule has 2 aromatic carbocycles. The van der Waals surface area contributed by atoms with Crippen molar-refractivity contribution in [1.29, 1.82) is 5.26 Å². The summed E-state index contributed by atoms with van der Waals surface area (Å²) in [4.78, 5) is 15.4. The van der Waals surface area contributed by atoms with Crippen LogP contribution in [0.2, 0.25) is 5.02 Å². The number of nitrogens with one attached hydrogen (secondary N) is 1. The first-order valence-electron chi connectivity index (χ1n) is 10.7. The molecular weight excluding hydrogens is 410 g/mol. The van der Waals surface area contributed by atoms with Gasteiger partial charge in [-0.1, -0.05) is 23.7 Å². The van der Waals surface area contributed by atoms with Crippen LogP contribution in [0.25, 0.3) is 0 Å². The summed E-state index contributed by atoms with van der Waals surface area (Å²) >= 11 is 6.51. The second-order valence-corrected chi connectivity index (χ2v) is 10.3. The maximum Gasteiger partial charge on any atom is 0.254 e. The quantitative estimate of drug-likeness (QED) is 0.706. The third-order valence-corrected chi connectivity index (χ3v) is 6.40. The Balaban J connectivity index is 1.60. The number of fused-ring (bicyclic) bond motifs is 1. The Labute approximate surface area is 189 Å². The molecule has 0 saturated carbocycles. The number of para-hydroxylation sites is 1. The Morgan fingerprint density at radius 3 is 2.48 bits per heavy atom. The predicted octanol–water partition coefficient (Wildman–Crippen LogP) is 5.31. The van der Waals surface area contributed by atoms with Crippen molar-refractivity contribution in [3.8, 4) is 17.6 Å². The maximum atomic E-state index is 13.4. The van der Waals surface area contributed by atoms with Gasteiger partial charge in [-0.25, -0.2) is 0 Å². The molecule has 1 saturated heterocycles. The van der Waals surface area contributed by atoms with Gasteiger partial charge >= 0.3 is 0 Å². The Morgan fingerprint density at radius 2 is 1.81 bits per heavy atom. The molecule has 0 spiro atoms. The standard InChI is InChI=1S/C25H28ClN3O2/c1-24(2)13-18(14-25(3,4)28-24)29-10-9-16-11-22(20(26)12-19(16)23(29)30)31-21-8-6-5-7-17(21)15-27/h5-8,11-12,18,28H,9-10,13-14H2,1-4H3. The largest absolute Gasteiger partial charge is 0.454 e. The number of hydrogen-bond donors (Lipinski definition) is 1. The maximum absolute atomic E-state index is 13.4. The van der Waals surface area contributed by atoms with Gasteiger partial charge in [-0.2, -0.15) is 5.26 Å². The highest BCUT2D eigenvalue weighted by Gasteiger charge is 2.42. The third kappa shape index (κ3) is 4.42. The van der Waals surface area contributed by atoms with Gasteiger partial charge in [0, 0.05) is 29.2 Å². The van der Waals surface area contributed by atoms with E-state index in [4.69, 9.17) is 16.3 Å². The molecule has 0 radical (unpaired) electrons. The molecule has 1 N–H and O–H groups in total. The van der Waals surface area contributed by atoms with Crippen molar-refractivity contribution >= 4 is 17.5 Å².